The number of rotatable bonds is 4. The summed E-state index contributed by atoms with van der Waals surface area (Å²) in [6, 6.07) is 6.53. The highest BCUT2D eigenvalue weighted by Gasteiger charge is 2.14. The monoisotopic (exact) mass is 256 g/mol. The van der Waals surface area contributed by atoms with Crippen LogP contribution in [-0.2, 0) is 6.42 Å². The molecule has 1 heterocycles. The minimum atomic E-state index is 0.498. The van der Waals surface area contributed by atoms with Gasteiger partial charge in [0, 0.05) is 23.3 Å². The smallest absolute Gasteiger partial charge is 0.0760 e. The van der Waals surface area contributed by atoms with Gasteiger partial charge in [0.05, 0.1) is 5.52 Å². The van der Waals surface area contributed by atoms with Crippen LogP contribution in [0.1, 0.15) is 50.4 Å². The minimum absolute atomic E-state index is 0.498. The average Bonchev–Trinajstić information content (AvgIpc) is 2.38. The first-order valence-corrected chi connectivity index (χ1v) is 7.26. The van der Waals surface area contributed by atoms with Crippen molar-refractivity contribution < 1.29 is 0 Å². The zero-order valence-electron chi connectivity index (χ0n) is 12.7. The van der Waals surface area contributed by atoms with Crippen LogP contribution in [0.15, 0.2) is 18.2 Å². The quantitative estimate of drug-likeness (QED) is 0.860. The topological polar surface area (TPSA) is 24.9 Å². The molecule has 1 N–H and O–H groups in total. The van der Waals surface area contributed by atoms with Crippen molar-refractivity contribution in [2.24, 2.45) is 0 Å². The van der Waals surface area contributed by atoms with Gasteiger partial charge in [-0.3, -0.25) is 4.98 Å². The standard InChI is InChI=1S/C17H24N2/c1-6-13-12(5)19-17-14(11(3)4)9-8-10-15(17)16(13)18-7-2/h8-11H,6-7H2,1-5H3,(H,18,19). The molecule has 1 aromatic carbocycles. The van der Waals surface area contributed by atoms with Crippen LogP contribution >= 0.6 is 0 Å². The van der Waals surface area contributed by atoms with Crippen LogP contribution in [0.2, 0.25) is 0 Å². The summed E-state index contributed by atoms with van der Waals surface area (Å²) in [6.07, 6.45) is 1.02. The lowest BCUT2D eigenvalue weighted by atomic mass is 9.96. The molecule has 102 valence electrons. The maximum Gasteiger partial charge on any atom is 0.0760 e. The first-order chi connectivity index (χ1) is 9.10. The van der Waals surface area contributed by atoms with Gasteiger partial charge in [0.15, 0.2) is 0 Å². The number of hydrogen-bond donors (Lipinski definition) is 1. The number of anilines is 1. The Morgan fingerprint density at radius 2 is 1.95 bits per heavy atom. The Balaban J connectivity index is 2.82. The van der Waals surface area contributed by atoms with Crippen molar-refractivity contribution >= 4 is 16.6 Å². The molecule has 19 heavy (non-hydrogen) atoms. The van der Waals surface area contributed by atoms with E-state index < -0.39 is 0 Å². The summed E-state index contributed by atoms with van der Waals surface area (Å²) in [6.45, 7) is 11.9. The summed E-state index contributed by atoms with van der Waals surface area (Å²) in [7, 11) is 0. The molecule has 0 saturated carbocycles. The van der Waals surface area contributed by atoms with E-state index in [4.69, 9.17) is 4.98 Å². The molecule has 0 aliphatic carbocycles. The summed E-state index contributed by atoms with van der Waals surface area (Å²) in [5.74, 6) is 0.498. The second-order valence-corrected chi connectivity index (χ2v) is 5.33. The lowest BCUT2D eigenvalue weighted by molar-refractivity contribution is 0.871. The SMILES string of the molecule is CCNc1c(CC)c(C)nc2c(C(C)C)cccc12. The van der Waals surface area contributed by atoms with Crippen LogP contribution < -0.4 is 5.32 Å². The number of aromatic nitrogens is 1. The molecule has 0 fully saturated rings. The molecule has 2 aromatic rings. The Bertz CT molecular complexity index is 585. The Morgan fingerprint density at radius 1 is 1.21 bits per heavy atom. The van der Waals surface area contributed by atoms with Crippen LogP contribution in [0, 0.1) is 6.92 Å². The Hall–Kier alpha value is -1.57. The highest BCUT2D eigenvalue weighted by molar-refractivity contribution is 5.95. The van der Waals surface area contributed by atoms with Gasteiger partial charge in [-0.1, -0.05) is 39.0 Å². The summed E-state index contributed by atoms with van der Waals surface area (Å²) in [4.78, 5) is 4.87. The van der Waals surface area contributed by atoms with Gasteiger partial charge >= 0.3 is 0 Å². The van der Waals surface area contributed by atoms with Gasteiger partial charge in [0.25, 0.3) is 0 Å². The van der Waals surface area contributed by atoms with Crippen molar-refractivity contribution in [2.75, 3.05) is 11.9 Å². The molecule has 2 rings (SSSR count). The zero-order valence-corrected chi connectivity index (χ0v) is 12.7. The number of aryl methyl sites for hydroxylation is 1. The zero-order chi connectivity index (χ0) is 14.0. The fourth-order valence-corrected chi connectivity index (χ4v) is 2.74. The van der Waals surface area contributed by atoms with Gasteiger partial charge in [-0.15, -0.1) is 0 Å². The first-order valence-electron chi connectivity index (χ1n) is 7.26. The van der Waals surface area contributed by atoms with Crippen molar-refractivity contribution in [2.45, 2.75) is 47.0 Å². The molecule has 0 spiro atoms. The number of nitrogens with zero attached hydrogens (tertiary/aromatic N) is 1. The summed E-state index contributed by atoms with van der Waals surface area (Å²) < 4.78 is 0. The van der Waals surface area contributed by atoms with E-state index in [1.807, 2.05) is 0 Å². The fraction of sp³-hybridized carbons (Fsp3) is 0.471. The third-order valence-corrected chi connectivity index (χ3v) is 3.68. The van der Waals surface area contributed by atoms with Gasteiger partial charge in [-0.25, -0.2) is 0 Å². The van der Waals surface area contributed by atoms with Crippen LogP contribution in [0.25, 0.3) is 10.9 Å². The van der Waals surface area contributed by atoms with Crippen LogP contribution in [0.4, 0.5) is 5.69 Å². The van der Waals surface area contributed by atoms with Crippen molar-refractivity contribution in [3.8, 4) is 0 Å². The van der Waals surface area contributed by atoms with Crippen molar-refractivity contribution in [3.05, 3.63) is 35.0 Å². The largest absolute Gasteiger partial charge is 0.384 e. The molecule has 0 aliphatic heterocycles. The highest BCUT2D eigenvalue weighted by atomic mass is 14.9. The van der Waals surface area contributed by atoms with Crippen molar-refractivity contribution in [1.82, 2.24) is 4.98 Å². The highest BCUT2D eigenvalue weighted by Crippen LogP contribution is 2.32. The third kappa shape index (κ3) is 2.44. The van der Waals surface area contributed by atoms with E-state index >= 15 is 0 Å². The molecule has 2 heteroatoms. The number of pyridine rings is 1. The van der Waals surface area contributed by atoms with Crippen molar-refractivity contribution in [1.29, 1.82) is 0 Å². The molecule has 0 saturated heterocycles. The Kier molecular flexibility index (Phi) is 4.08. The maximum atomic E-state index is 4.87. The van der Waals surface area contributed by atoms with E-state index in [2.05, 4.69) is 58.1 Å². The maximum absolute atomic E-state index is 4.87. The molecular weight excluding hydrogens is 232 g/mol. The lowest BCUT2D eigenvalue weighted by Gasteiger charge is -2.18. The fourth-order valence-electron chi connectivity index (χ4n) is 2.74. The third-order valence-electron chi connectivity index (χ3n) is 3.68. The second-order valence-electron chi connectivity index (χ2n) is 5.33. The molecule has 0 radical (unpaired) electrons. The lowest BCUT2D eigenvalue weighted by Crippen LogP contribution is -2.06. The van der Waals surface area contributed by atoms with Gasteiger partial charge in [0.2, 0.25) is 0 Å². The van der Waals surface area contributed by atoms with Gasteiger partial charge in [-0.2, -0.15) is 0 Å². The van der Waals surface area contributed by atoms with E-state index in [0.29, 0.717) is 5.92 Å². The average molecular weight is 256 g/mol. The predicted octanol–water partition coefficient (Wildman–Crippen LogP) is 4.66. The predicted molar refractivity (Wildman–Crippen MR) is 84.1 cm³/mol. The normalized spacial score (nSPS) is 11.3. The molecule has 0 atom stereocenters. The number of hydrogen-bond acceptors (Lipinski definition) is 2. The Labute approximate surface area is 116 Å². The number of para-hydroxylation sites is 1. The summed E-state index contributed by atoms with van der Waals surface area (Å²) >= 11 is 0. The number of nitrogens with one attached hydrogen (secondary N) is 1. The van der Waals surface area contributed by atoms with Crippen LogP contribution in [0.5, 0.6) is 0 Å². The van der Waals surface area contributed by atoms with E-state index in [9.17, 15) is 0 Å². The van der Waals surface area contributed by atoms with Crippen LogP contribution in [-0.4, -0.2) is 11.5 Å². The molecule has 0 bridgehead atoms. The van der Waals surface area contributed by atoms with Gasteiger partial charge in [-0.05, 0) is 37.3 Å². The van der Waals surface area contributed by atoms with Gasteiger partial charge in [0.1, 0.15) is 0 Å². The van der Waals surface area contributed by atoms with E-state index in [0.717, 1.165) is 24.2 Å². The van der Waals surface area contributed by atoms with Crippen LogP contribution in [0.3, 0.4) is 0 Å². The van der Waals surface area contributed by atoms with Gasteiger partial charge < -0.3 is 5.32 Å². The van der Waals surface area contributed by atoms with E-state index in [1.165, 1.54) is 22.2 Å². The molecule has 0 aliphatic rings. The van der Waals surface area contributed by atoms with E-state index in [-0.39, 0.29) is 0 Å². The molecule has 1 aromatic heterocycles. The number of benzene rings is 1. The van der Waals surface area contributed by atoms with E-state index in [1.54, 1.807) is 0 Å². The second kappa shape index (κ2) is 5.60. The Morgan fingerprint density at radius 3 is 2.53 bits per heavy atom. The molecule has 0 unspecified atom stereocenters. The molecular formula is C17H24N2. The first kappa shape index (κ1) is 13.9. The molecule has 0 amide bonds. The van der Waals surface area contributed by atoms with Crippen molar-refractivity contribution in [3.63, 3.8) is 0 Å². The molecule has 2 nitrogen and oxygen atoms in total. The summed E-state index contributed by atoms with van der Waals surface area (Å²) in [5, 5.41) is 4.80. The minimum Gasteiger partial charge on any atom is -0.384 e. The summed E-state index contributed by atoms with van der Waals surface area (Å²) in [5.41, 5.74) is 6.26. The number of fused-ring (bicyclic) bond motifs is 1.